The molecule has 4 aliphatic rings. The highest BCUT2D eigenvalue weighted by Gasteiger charge is 2.56. The standard InChI is InChI=1S/C30H30N2O6/c33-28(31-27(29(34)35)30-14-19-11-20(15-30)13-21(12-19)16-30)25-10-7-22-3-1-2-4-24(22)26(25)38-17-18-5-8-23(9-6-18)32(36)37/h1-10,19-21,27H,11-17H2,(H,31,33)(H,34,35)/t19?,20?,21?,27-,30?/m1/s1. The maximum atomic E-state index is 13.7. The van der Waals surface area contributed by atoms with Crippen LogP contribution in [0.5, 0.6) is 5.75 Å². The second-order valence-corrected chi connectivity index (χ2v) is 11.4. The van der Waals surface area contributed by atoms with Crippen LogP contribution in [0.4, 0.5) is 5.69 Å². The molecule has 38 heavy (non-hydrogen) atoms. The molecule has 0 radical (unpaired) electrons. The van der Waals surface area contributed by atoms with Gasteiger partial charge in [-0.05, 0) is 85.4 Å². The first kappa shape index (κ1) is 24.4. The van der Waals surface area contributed by atoms with Gasteiger partial charge < -0.3 is 15.2 Å². The number of nitro groups is 1. The molecule has 0 unspecified atom stereocenters. The Hall–Kier alpha value is -3.94. The van der Waals surface area contributed by atoms with E-state index in [0.29, 0.717) is 29.1 Å². The van der Waals surface area contributed by atoms with Gasteiger partial charge in [0.15, 0.2) is 0 Å². The number of carboxylic acid groups (broad SMARTS) is 1. The maximum Gasteiger partial charge on any atom is 0.326 e. The van der Waals surface area contributed by atoms with Crippen molar-refractivity contribution < 1.29 is 24.4 Å². The predicted octanol–water partition coefficient (Wildman–Crippen LogP) is 5.73. The second-order valence-electron chi connectivity index (χ2n) is 11.4. The predicted molar refractivity (Wildman–Crippen MR) is 141 cm³/mol. The summed E-state index contributed by atoms with van der Waals surface area (Å²) in [6, 6.07) is 16.2. The van der Waals surface area contributed by atoms with Gasteiger partial charge in [0.2, 0.25) is 0 Å². The second kappa shape index (κ2) is 9.42. The van der Waals surface area contributed by atoms with Gasteiger partial charge in [-0.25, -0.2) is 4.79 Å². The number of amides is 1. The third-order valence-electron chi connectivity index (χ3n) is 8.87. The minimum absolute atomic E-state index is 0.0108. The topological polar surface area (TPSA) is 119 Å². The molecule has 3 aromatic rings. The number of nitrogens with one attached hydrogen (secondary N) is 1. The summed E-state index contributed by atoms with van der Waals surface area (Å²) in [5.74, 6) is 0.601. The average Bonchev–Trinajstić information content (AvgIpc) is 2.89. The summed E-state index contributed by atoms with van der Waals surface area (Å²) in [5.41, 5.74) is 0.587. The molecule has 1 atom stereocenters. The fourth-order valence-electron chi connectivity index (χ4n) is 7.66. The number of aliphatic carboxylic acids is 1. The van der Waals surface area contributed by atoms with Gasteiger partial charge >= 0.3 is 5.97 Å². The Kier molecular flexibility index (Phi) is 6.05. The third kappa shape index (κ3) is 4.38. The van der Waals surface area contributed by atoms with Crippen LogP contribution in [-0.4, -0.2) is 27.9 Å². The number of carbonyl (C=O) groups excluding carboxylic acids is 1. The molecule has 8 heteroatoms. The zero-order valence-electron chi connectivity index (χ0n) is 21.0. The molecule has 4 bridgehead atoms. The lowest BCUT2D eigenvalue weighted by Crippen LogP contribution is -2.59. The molecule has 1 amide bonds. The van der Waals surface area contributed by atoms with Gasteiger partial charge in [-0.2, -0.15) is 0 Å². The average molecular weight is 515 g/mol. The summed E-state index contributed by atoms with van der Waals surface area (Å²) in [7, 11) is 0. The molecule has 7 rings (SSSR count). The zero-order valence-corrected chi connectivity index (χ0v) is 21.0. The number of non-ortho nitro benzene ring substituents is 1. The fourth-order valence-corrected chi connectivity index (χ4v) is 7.66. The highest BCUT2D eigenvalue weighted by Crippen LogP contribution is 2.61. The minimum atomic E-state index is -0.977. The molecular weight excluding hydrogens is 484 g/mol. The van der Waals surface area contributed by atoms with Crippen LogP contribution in [-0.2, 0) is 11.4 Å². The molecule has 4 saturated carbocycles. The van der Waals surface area contributed by atoms with Crippen molar-refractivity contribution in [3.8, 4) is 5.75 Å². The molecule has 4 aliphatic carbocycles. The summed E-state index contributed by atoms with van der Waals surface area (Å²) in [5, 5.41) is 25.8. The Bertz CT molecular complexity index is 1380. The number of fused-ring (bicyclic) bond motifs is 1. The van der Waals surface area contributed by atoms with Crippen LogP contribution in [0.15, 0.2) is 60.7 Å². The van der Waals surface area contributed by atoms with E-state index in [9.17, 15) is 24.8 Å². The summed E-state index contributed by atoms with van der Waals surface area (Å²) in [6.45, 7) is 0.101. The molecule has 8 nitrogen and oxygen atoms in total. The number of hydrogen-bond acceptors (Lipinski definition) is 5. The van der Waals surface area contributed by atoms with Crippen LogP contribution in [0.1, 0.15) is 54.4 Å². The number of carbonyl (C=O) groups is 2. The number of carboxylic acids is 1. The molecule has 2 N–H and O–H groups in total. The van der Waals surface area contributed by atoms with Gasteiger partial charge in [-0.15, -0.1) is 0 Å². The van der Waals surface area contributed by atoms with E-state index in [1.54, 1.807) is 18.2 Å². The Morgan fingerprint density at radius 3 is 2.21 bits per heavy atom. The van der Waals surface area contributed by atoms with E-state index in [1.807, 2.05) is 30.3 Å². The van der Waals surface area contributed by atoms with Gasteiger partial charge in [0.05, 0.1) is 10.5 Å². The van der Waals surface area contributed by atoms with Crippen LogP contribution in [0.2, 0.25) is 0 Å². The van der Waals surface area contributed by atoms with Crippen molar-refractivity contribution in [2.75, 3.05) is 0 Å². The van der Waals surface area contributed by atoms with Crippen molar-refractivity contribution >= 4 is 28.3 Å². The summed E-state index contributed by atoms with van der Waals surface area (Å²) < 4.78 is 6.17. The van der Waals surface area contributed by atoms with E-state index in [0.717, 1.165) is 30.0 Å². The van der Waals surface area contributed by atoms with Gasteiger partial charge in [-0.1, -0.05) is 30.3 Å². The SMILES string of the molecule is O=C(N[C@H](C(=O)O)C12CC3CC(CC(C3)C1)C2)c1ccc2ccccc2c1OCc1ccc([N+](=O)[O-])cc1. The fraction of sp³-hybridized carbons (Fsp3) is 0.400. The van der Waals surface area contributed by atoms with E-state index in [4.69, 9.17) is 4.74 Å². The monoisotopic (exact) mass is 514 g/mol. The van der Waals surface area contributed by atoms with Crippen LogP contribution < -0.4 is 10.1 Å². The normalized spacial score (nSPS) is 26.2. The first-order valence-electron chi connectivity index (χ1n) is 13.2. The number of hydrogen-bond donors (Lipinski definition) is 2. The molecule has 0 aliphatic heterocycles. The summed E-state index contributed by atoms with van der Waals surface area (Å²) in [6.07, 6.45) is 6.13. The van der Waals surface area contributed by atoms with E-state index < -0.39 is 28.3 Å². The Balaban J connectivity index is 1.29. The summed E-state index contributed by atoms with van der Waals surface area (Å²) in [4.78, 5) is 36.8. The number of nitrogens with zero attached hydrogens (tertiary/aromatic N) is 1. The van der Waals surface area contributed by atoms with Crippen molar-refractivity contribution in [1.82, 2.24) is 5.32 Å². The van der Waals surface area contributed by atoms with Crippen molar-refractivity contribution in [1.29, 1.82) is 0 Å². The van der Waals surface area contributed by atoms with E-state index in [2.05, 4.69) is 5.32 Å². The van der Waals surface area contributed by atoms with Crippen LogP contribution in [0.3, 0.4) is 0 Å². The van der Waals surface area contributed by atoms with Crippen LogP contribution in [0, 0.1) is 33.3 Å². The van der Waals surface area contributed by atoms with Crippen molar-refractivity contribution in [3.05, 3.63) is 81.9 Å². The number of rotatable bonds is 8. The van der Waals surface area contributed by atoms with E-state index >= 15 is 0 Å². The van der Waals surface area contributed by atoms with Gasteiger partial charge in [0.25, 0.3) is 11.6 Å². The minimum Gasteiger partial charge on any atom is -0.487 e. The van der Waals surface area contributed by atoms with Gasteiger partial charge in [0.1, 0.15) is 18.4 Å². The zero-order chi connectivity index (χ0) is 26.4. The molecule has 0 spiro atoms. The lowest BCUT2D eigenvalue weighted by molar-refractivity contribution is -0.384. The van der Waals surface area contributed by atoms with Crippen LogP contribution in [0.25, 0.3) is 10.8 Å². The third-order valence-corrected chi connectivity index (χ3v) is 8.87. The smallest absolute Gasteiger partial charge is 0.326 e. The van der Waals surface area contributed by atoms with Crippen molar-refractivity contribution in [3.63, 3.8) is 0 Å². The molecule has 3 aromatic carbocycles. The maximum absolute atomic E-state index is 13.7. The largest absolute Gasteiger partial charge is 0.487 e. The van der Waals surface area contributed by atoms with Crippen molar-refractivity contribution in [2.45, 2.75) is 51.2 Å². The first-order chi connectivity index (χ1) is 18.3. The van der Waals surface area contributed by atoms with E-state index in [-0.39, 0.29) is 17.9 Å². The molecule has 196 valence electrons. The Morgan fingerprint density at radius 1 is 0.974 bits per heavy atom. The number of ether oxygens (including phenoxy) is 1. The first-order valence-corrected chi connectivity index (χ1v) is 13.2. The molecular formula is C30H30N2O6. The molecule has 4 fully saturated rings. The molecule has 0 aromatic heterocycles. The quantitative estimate of drug-likeness (QED) is 0.293. The Labute approximate surface area is 220 Å². The van der Waals surface area contributed by atoms with Crippen LogP contribution >= 0.6 is 0 Å². The number of benzene rings is 3. The highest BCUT2D eigenvalue weighted by molar-refractivity contribution is 6.05. The van der Waals surface area contributed by atoms with Crippen molar-refractivity contribution in [2.24, 2.45) is 23.2 Å². The van der Waals surface area contributed by atoms with Gasteiger partial charge in [0, 0.05) is 22.9 Å². The Morgan fingerprint density at radius 2 is 1.61 bits per heavy atom. The van der Waals surface area contributed by atoms with Gasteiger partial charge in [-0.3, -0.25) is 14.9 Å². The molecule has 0 heterocycles. The lowest BCUT2D eigenvalue weighted by atomic mass is 9.47. The highest BCUT2D eigenvalue weighted by atomic mass is 16.6. The van der Waals surface area contributed by atoms with E-state index in [1.165, 1.54) is 31.4 Å². The summed E-state index contributed by atoms with van der Waals surface area (Å²) >= 11 is 0. The molecule has 0 saturated heterocycles. The lowest BCUT2D eigenvalue weighted by Gasteiger charge is -2.58. The number of nitro benzene ring substituents is 1.